The van der Waals surface area contributed by atoms with Crippen LogP contribution in [-0.2, 0) is 4.79 Å². The lowest BCUT2D eigenvalue weighted by Gasteiger charge is -2.33. The van der Waals surface area contributed by atoms with Gasteiger partial charge >= 0.3 is 0 Å². The summed E-state index contributed by atoms with van der Waals surface area (Å²) in [6.45, 7) is 9.51. The molecule has 0 bridgehead atoms. The van der Waals surface area contributed by atoms with Crippen LogP contribution in [0.15, 0.2) is 66.2 Å². The van der Waals surface area contributed by atoms with Gasteiger partial charge in [-0.15, -0.1) is 0 Å². The van der Waals surface area contributed by atoms with Gasteiger partial charge in [0.05, 0.1) is 28.8 Å². The maximum absolute atomic E-state index is 13.3. The number of allylic oxidation sites excluding steroid dienone is 7. The molecule has 0 aromatic carbocycles. The summed E-state index contributed by atoms with van der Waals surface area (Å²) in [5.74, 6) is 0.455. The lowest BCUT2D eigenvalue weighted by molar-refractivity contribution is -0.122. The molecule has 3 aliphatic rings. The van der Waals surface area contributed by atoms with Crippen LogP contribution in [0, 0.1) is 19.8 Å². The molecule has 0 unspecified atom stereocenters. The molecule has 1 amide bonds. The zero-order valence-corrected chi connectivity index (χ0v) is 19.0. The summed E-state index contributed by atoms with van der Waals surface area (Å²) in [5, 5.41) is 4.70. The van der Waals surface area contributed by atoms with Crippen LogP contribution in [-0.4, -0.2) is 49.9 Å². The first-order valence-corrected chi connectivity index (χ1v) is 11.4. The van der Waals surface area contributed by atoms with Crippen molar-refractivity contribution >= 4 is 17.0 Å². The monoisotopic (exact) mass is 427 g/mol. The van der Waals surface area contributed by atoms with E-state index in [1.54, 1.807) is 11.0 Å². The van der Waals surface area contributed by atoms with Crippen LogP contribution in [0.2, 0.25) is 0 Å². The Kier molecular flexibility index (Phi) is 5.39. The van der Waals surface area contributed by atoms with Crippen molar-refractivity contribution in [2.45, 2.75) is 33.6 Å². The maximum atomic E-state index is 13.3. The van der Waals surface area contributed by atoms with Gasteiger partial charge in [-0.3, -0.25) is 14.7 Å². The van der Waals surface area contributed by atoms with Crippen LogP contribution in [0.4, 0.5) is 0 Å². The first-order chi connectivity index (χ1) is 15.5. The maximum Gasteiger partial charge on any atom is 0.255 e. The zero-order valence-electron chi connectivity index (χ0n) is 19.0. The van der Waals surface area contributed by atoms with Crippen molar-refractivity contribution in [2.24, 2.45) is 5.92 Å². The van der Waals surface area contributed by atoms with Crippen LogP contribution < -0.4 is 0 Å². The number of carbonyl (C=O) groups is 1. The summed E-state index contributed by atoms with van der Waals surface area (Å²) in [5.41, 5.74) is 6.50. The van der Waals surface area contributed by atoms with Gasteiger partial charge in [0.1, 0.15) is 0 Å². The zero-order chi connectivity index (χ0) is 22.2. The standard InChI is InChI=1S/C26H29N5O/c1-4-29-12-10-20(11-13-29)22-8-9-23-7-5-6-21(14-26(32)30(23)17-22)24-15-25-19(3)27-18(2)16-31(25)28-24/h5-9,14-17,20H,4,10-13H2,1-3H3/b6-5+,21-14+,23-7+. The molecule has 0 atom stereocenters. The normalized spacial score (nSPS) is 24.3. The van der Waals surface area contributed by atoms with Gasteiger partial charge in [0.2, 0.25) is 0 Å². The van der Waals surface area contributed by atoms with Crippen LogP contribution in [0.3, 0.4) is 0 Å². The van der Waals surface area contributed by atoms with Crippen molar-refractivity contribution in [1.29, 1.82) is 0 Å². The van der Waals surface area contributed by atoms with Gasteiger partial charge in [-0.2, -0.15) is 5.10 Å². The molecule has 0 saturated carbocycles. The first-order valence-electron chi connectivity index (χ1n) is 11.4. The van der Waals surface area contributed by atoms with E-state index in [1.807, 2.05) is 55.1 Å². The third kappa shape index (κ3) is 3.86. The molecule has 0 N–H and O–H groups in total. The highest BCUT2D eigenvalue weighted by molar-refractivity contribution is 5.99. The molecule has 1 saturated heterocycles. The minimum absolute atomic E-state index is 0.0495. The molecule has 6 heteroatoms. The van der Waals surface area contributed by atoms with E-state index in [-0.39, 0.29) is 5.91 Å². The molecule has 6 nitrogen and oxygen atoms in total. The second-order valence-corrected chi connectivity index (χ2v) is 8.76. The summed E-state index contributed by atoms with van der Waals surface area (Å²) >= 11 is 0. The fourth-order valence-electron chi connectivity index (χ4n) is 4.77. The minimum Gasteiger partial charge on any atom is -0.304 e. The summed E-state index contributed by atoms with van der Waals surface area (Å²) < 4.78 is 1.84. The largest absolute Gasteiger partial charge is 0.304 e. The first kappa shape index (κ1) is 20.6. The van der Waals surface area contributed by atoms with Crippen molar-refractivity contribution in [1.82, 2.24) is 24.4 Å². The van der Waals surface area contributed by atoms with Gasteiger partial charge in [-0.1, -0.05) is 25.2 Å². The topological polar surface area (TPSA) is 53.7 Å². The molecule has 164 valence electrons. The smallest absolute Gasteiger partial charge is 0.255 e. The number of piperidine rings is 1. The van der Waals surface area contributed by atoms with Crippen molar-refractivity contribution < 1.29 is 4.79 Å². The molecular weight excluding hydrogens is 398 g/mol. The number of aromatic nitrogens is 3. The molecule has 0 radical (unpaired) electrons. The van der Waals surface area contributed by atoms with E-state index >= 15 is 0 Å². The average molecular weight is 428 g/mol. The number of hydrogen-bond donors (Lipinski definition) is 0. The van der Waals surface area contributed by atoms with Crippen molar-refractivity contribution in [2.75, 3.05) is 19.6 Å². The highest BCUT2D eigenvalue weighted by atomic mass is 16.2. The second-order valence-electron chi connectivity index (χ2n) is 8.76. The van der Waals surface area contributed by atoms with Gasteiger partial charge in [0.25, 0.3) is 5.91 Å². The van der Waals surface area contributed by atoms with E-state index < -0.39 is 0 Å². The molecule has 3 aliphatic heterocycles. The van der Waals surface area contributed by atoms with E-state index in [2.05, 4.69) is 29.0 Å². The fraction of sp³-hybridized carbons (Fsp3) is 0.346. The SMILES string of the molecule is CCN1CCC(C2=CN3C(=O)\C=C(c4cc5c(C)nc(C)cn5n4)/C=C/C=C/3C=C2)CC1. The molecule has 5 heterocycles. The highest BCUT2D eigenvalue weighted by Gasteiger charge is 2.25. The number of rotatable bonds is 3. The lowest BCUT2D eigenvalue weighted by atomic mass is 9.88. The second kappa shape index (κ2) is 8.36. The minimum atomic E-state index is -0.0495. The van der Waals surface area contributed by atoms with Crippen molar-refractivity contribution in [3.63, 3.8) is 0 Å². The Bertz CT molecular complexity index is 1220. The van der Waals surface area contributed by atoms with Crippen LogP contribution in [0.5, 0.6) is 0 Å². The number of nitrogens with zero attached hydrogens (tertiary/aromatic N) is 5. The number of aryl methyl sites for hydroxylation is 2. The number of fused-ring (bicyclic) bond motifs is 2. The molecule has 5 rings (SSSR count). The average Bonchev–Trinajstić information content (AvgIpc) is 3.21. The van der Waals surface area contributed by atoms with E-state index in [1.165, 1.54) is 5.57 Å². The van der Waals surface area contributed by atoms with E-state index in [0.717, 1.165) is 66.3 Å². The quantitative estimate of drug-likeness (QED) is 0.737. The third-order valence-electron chi connectivity index (χ3n) is 6.62. The highest BCUT2D eigenvalue weighted by Crippen LogP contribution is 2.31. The van der Waals surface area contributed by atoms with E-state index in [0.29, 0.717) is 5.92 Å². The molecular formula is C26H29N5O. The summed E-state index contributed by atoms with van der Waals surface area (Å²) in [4.78, 5) is 22.1. The Morgan fingerprint density at radius 2 is 1.94 bits per heavy atom. The Morgan fingerprint density at radius 3 is 2.72 bits per heavy atom. The van der Waals surface area contributed by atoms with Gasteiger partial charge in [-0.25, -0.2) is 4.52 Å². The number of hydrogen-bond acceptors (Lipinski definition) is 4. The van der Waals surface area contributed by atoms with E-state index in [4.69, 9.17) is 5.10 Å². The molecule has 0 spiro atoms. The predicted octanol–water partition coefficient (Wildman–Crippen LogP) is 4.20. The Labute approximate surface area is 188 Å². The Morgan fingerprint density at radius 1 is 1.12 bits per heavy atom. The number of amides is 1. The Hall–Kier alpha value is -3.25. The summed E-state index contributed by atoms with van der Waals surface area (Å²) in [6.07, 6.45) is 18.1. The summed E-state index contributed by atoms with van der Waals surface area (Å²) in [7, 11) is 0. The Balaban J connectivity index is 1.45. The predicted molar refractivity (Wildman–Crippen MR) is 127 cm³/mol. The van der Waals surface area contributed by atoms with Gasteiger partial charge < -0.3 is 4.90 Å². The molecule has 1 fully saturated rings. The fourth-order valence-corrected chi connectivity index (χ4v) is 4.77. The lowest BCUT2D eigenvalue weighted by Crippen LogP contribution is -2.35. The molecule has 2 aromatic rings. The van der Waals surface area contributed by atoms with Gasteiger partial charge in [-0.05, 0) is 76.0 Å². The number of carbonyl (C=O) groups excluding carboxylic acids is 1. The van der Waals surface area contributed by atoms with Crippen LogP contribution in [0.25, 0.3) is 11.1 Å². The van der Waals surface area contributed by atoms with Crippen LogP contribution >= 0.6 is 0 Å². The summed E-state index contributed by atoms with van der Waals surface area (Å²) in [6, 6.07) is 2.00. The van der Waals surface area contributed by atoms with Crippen molar-refractivity contribution in [3.05, 3.63) is 83.3 Å². The third-order valence-corrected chi connectivity index (χ3v) is 6.62. The molecule has 32 heavy (non-hydrogen) atoms. The number of likely N-dealkylation sites (tertiary alicyclic amines) is 1. The van der Waals surface area contributed by atoms with Crippen LogP contribution in [0.1, 0.15) is 36.8 Å². The van der Waals surface area contributed by atoms with Crippen molar-refractivity contribution in [3.8, 4) is 0 Å². The molecule has 0 aliphatic carbocycles. The van der Waals surface area contributed by atoms with E-state index in [9.17, 15) is 4.79 Å². The van der Waals surface area contributed by atoms with Gasteiger partial charge in [0, 0.05) is 23.5 Å². The van der Waals surface area contributed by atoms with Gasteiger partial charge in [0.15, 0.2) is 0 Å². The molecule has 2 aromatic heterocycles.